The highest BCUT2D eigenvalue weighted by Gasteiger charge is 2.36. The summed E-state index contributed by atoms with van der Waals surface area (Å²) in [4.78, 5) is 0. The first-order chi connectivity index (χ1) is 4.69. The van der Waals surface area contributed by atoms with E-state index in [2.05, 4.69) is 13.8 Å². The fourth-order valence-electron chi connectivity index (χ4n) is 2.03. The Labute approximate surface area is 63.4 Å². The van der Waals surface area contributed by atoms with Crippen molar-refractivity contribution in [3.05, 3.63) is 0 Å². The zero-order valence-corrected chi connectivity index (χ0v) is 7.06. The third kappa shape index (κ3) is 1.34. The van der Waals surface area contributed by atoms with Crippen molar-refractivity contribution in [2.75, 3.05) is 0 Å². The van der Waals surface area contributed by atoms with E-state index in [1.165, 1.54) is 12.8 Å². The van der Waals surface area contributed by atoms with Gasteiger partial charge in [-0.25, -0.2) is 0 Å². The minimum atomic E-state index is -0.297. The van der Waals surface area contributed by atoms with E-state index in [1.54, 1.807) is 0 Å². The zero-order chi connectivity index (χ0) is 7.61. The SMILES string of the molecule is CCCC1(O)CCCC1C. The van der Waals surface area contributed by atoms with Crippen LogP contribution in [-0.2, 0) is 0 Å². The Morgan fingerprint density at radius 2 is 2.30 bits per heavy atom. The summed E-state index contributed by atoms with van der Waals surface area (Å²) in [5.41, 5.74) is -0.297. The average molecular weight is 142 g/mol. The minimum absolute atomic E-state index is 0.297. The van der Waals surface area contributed by atoms with E-state index in [1.807, 2.05) is 0 Å². The van der Waals surface area contributed by atoms with Crippen LogP contribution in [0.2, 0.25) is 0 Å². The van der Waals surface area contributed by atoms with E-state index in [9.17, 15) is 5.11 Å². The van der Waals surface area contributed by atoms with E-state index in [0.29, 0.717) is 5.92 Å². The summed E-state index contributed by atoms with van der Waals surface area (Å²) in [6, 6.07) is 0. The summed E-state index contributed by atoms with van der Waals surface area (Å²) in [5.74, 6) is 0.535. The molecule has 1 aliphatic rings. The van der Waals surface area contributed by atoms with E-state index >= 15 is 0 Å². The van der Waals surface area contributed by atoms with Gasteiger partial charge in [0.2, 0.25) is 0 Å². The molecule has 1 aliphatic carbocycles. The van der Waals surface area contributed by atoms with Crippen LogP contribution in [0.1, 0.15) is 46.0 Å². The van der Waals surface area contributed by atoms with E-state index in [-0.39, 0.29) is 5.60 Å². The normalized spacial score (nSPS) is 40.5. The van der Waals surface area contributed by atoms with Crippen LogP contribution < -0.4 is 0 Å². The molecule has 1 fully saturated rings. The van der Waals surface area contributed by atoms with Gasteiger partial charge in [0.15, 0.2) is 0 Å². The molecule has 0 aromatic carbocycles. The molecular formula is C9H18O. The molecule has 60 valence electrons. The molecular weight excluding hydrogens is 124 g/mol. The molecule has 1 rings (SSSR count). The molecule has 1 nitrogen and oxygen atoms in total. The molecule has 0 radical (unpaired) electrons. The van der Waals surface area contributed by atoms with Gasteiger partial charge in [-0.05, 0) is 25.2 Å². The maximum Gasteiger partial charge on any atom is 0.0673 e. The Morgan fingerprint density at radius 1 is 1.60 bits per heavy atom. The van der Waals surface area contributed by atoms with Gasteiger partial charge in [-0.15, -0.1) is 0 Å². The second-order valence-corrected chi connectivity index (χ2v) is 3.65. The lowest BCUT2D eigenvalue weighted by molar-refractivity contribution is 0.000419. The van der Waals surface area contributed by atoms with Crippen LogP contribution in [0.5, 0.6) is 0 Å². The highest BCUT2D eigenvalue weighted by atomic mass is 16.3. The van der Waals surface area contributed by atoms with Crippen LogP contribution in [0, 0.1) is 5.92 Å². The molecule has 1 heteroatoms. The highest BCUT2D eigenvalue weighted by Crippen LogP contribution is 2.38. The molecule has 0 aliphatic heterocycles. The second-order valence-electron chi connectivity index (χ2n) is 3.65. The van der Waals surface area contributed by atoms with Crippen LogP contribution in [-0.4, -0.2) is 10.7 Å². The van der Waals surface area contributed by atoms with Gasteiger partial charge in [0.25, 0.3) is 0 Å². The lowest BCUT2D eigenvalue weighted by Gasteiger charge is -2.26. The maximum atomic E-state index is 9.96. The maximum absolute atomic E-state index is 9.96. The Morgan fingerprint density at radius 3 is 2.70 bits per heavy atom. The molecule has 10 heavy (non-hydrogen) atoms. The standard InChI is InChI=1S/C9H18O/c1-3-6-9(10)7-4-5-8(9)2/h8,10H,3-7H2,1-2H3. The first kappa shape index (κ1) is 8.06. The lowest BCUT2D eigenvalue weighted by Crippen LogP contribution is -2.30. The van der Waals surface area contributed by atoms with Crippen molar-refractivity contribution in [3.8, 4) is 0 Å². The lowest BCUT2D eigenvalue weighted by atomic mass is 9.88. The fourth-order valence-corrected chi connectivity index (χ4v) is 2.03. The van der Waals surface area contributed by atoms with Gasteiger partial charge in [0.1, 0.15) is 0 Å². The first-order valence-corrected chi connectivity index (χ1v) is 4.41. The fraction of sp³-hybridized carbons (Fsp3) is 1.00. The summed E-state index contributed by atoms with van der Waals surface area (Å²) in [7, 11) is 0. The molecule has 0 aromatic rings. The Balaban J connectivity index is 2.48. The van der Waals surface area contributed by atoms with Crippen molar-refractivity contribution in [1.29, 1.82) is 0 Å². The van der Waals surface area contributed by atoms with E-state index in [4.69, 9.17) is 0 Å². The quantitative estimate of drug-likeness (QED) is 0.627. The van der Waals surface area contributed by atoms with Gasteiger partial charge in [0, 0.05) is 0 Å². The largest absolute Gasteiger partial charge is 0.390 e. The zero-order valence-electron chi connectivity index (χ0n) is 7.06. The summed E-state index contributed by atoms with van der Waals surface area (Å²) >= 11 is 0. The Hall–Kier alpha value is -0.0400. The summed E-state index contributed by atoms with van der Waals surface area (Å²) in [6.45, 7) is 4.31. The van der Waals surface area contributed by atoms with Crippen LogP contribution >= 0.6 is 0 Å². The smallest absolute Gasteiger partial charge is 0.0673 e. The Bertz CT molecular complexity index is 111. The molecule has 2 atom stereocenters. The van der Waals surface area contributed by atoms with Crippen molar-refractivity contribution >= 4 is 0 Å². The van der Waals surface area contributed by atoms with E-state index in [0.717, 1.165) is 19.3 Å². The third-order valence-electron chi connectivity index (χ3n) is 2.85. The van der Waals surface area contributed by atoms with Crippen molar-refractivity contribution in [3.63, 3.8) is 0 Å². The van der Waals surface area contributed by atoms with Crippen molar-refractivity contribution in [2.24, 2.45) is 5.92 Å². The van der Waals surface area contributed by atoms with Crippen LogP contribution in [0.4, 0.5) is 0 Å². The summed E-state index contributed by atoms with van der Waals surface area (Å²) in [5, 5.41) is 9.96. The summed E-state index contributed by atoms with van der Waals surface area (Å²) in [6.07, 6.45) is 5.57. The van der Waals surface area contributed by atoms with Gasteiger partial charge in [-0.3, -0.25) is 0 Å². The second kappa shape index (κ2) is 2.91. The van der Waals surface area contributed by atoms with Gasteiger partial charge in [-0.1, -0.05) is 26.7 Å². The number of rotatable bonds is 2. The predicted molar refractivity (Wildman–Crippen MR) is 42.9 cm³/mol. The van der Waals surface area contributed by atoms with Gasteiger partial charge in [0.05, 0.1) is 5.60 Å². The predicted octanol–water partition coefficient (Wildman–Crippen LogP) is 2.34. The van der Waals surface area contributed by atoms with Crippen LogP contribution in [0.15, 0.2) is 0 Å². The van der Waals surface area contributed by atoms with Gasteiger partial charge >= 0.3 is 0 Å². The number of aliphatic hydroxyl groups is 1. The molecule has 0 aromatic heterocycles. The topological polar surface area (TPSA) is 20.2 Å². The molecule has 0 heterocycles. The molecule has 0 bridgehead atoms. The molecule has 0 spiro atoms. The minimum Gasteiger partial charge on any atom is -0.390 e. The summed E-state index contributed by atoms with van der Waals surface area (Å²) < 4.78 is 0. The van der Waals surface area contributed by atoms with Gasteiger partial charge < -0.3 is 5.11 Å². The monoisotopic (exact) mass is 142 g/mol. The molecule has 0 saturated heterocycles. The molecule has 2 unspecified atom stereocenters. The molecule has 1 N–H and O–H groups in total. The average Bonchev–Trinajstić information content (AvgIpc) is 2.15. The van der Waals surface area contributed by atoms with Crippen LogP contribution in [0.3, 0.4) is 0 Å². The van der Waals surface area contributed by atoms with Crippen molar-refractivity contribution < 1.29 is 5.11 Å². The number of hydrogen-bond acceptors (Lipinski definition) is 1. The number of hydrogen-bond donors (Lipinski definition) is 1. The molecule has 0 amide bonds. The van der Waals surface area contributed by atoms with Crippen LogP contribution in [0.25, 0.3) is 0 Å². The first-order valence-electron chi connectivity index (χ1n) is 4.41. The highest BCUT2D eigenvalue weighted by molar-refractivity contribution is 4.89. The Kier molecular flexibility index (Phi) is 2.35. The third-order valence-corrected chi connectivity index (χ3v) is 2.85. The van der Waals surface area contributed by atoms with Crippen molar-refractivity contribution in [1.82, 2.24) is 0 Å². The molecule has 1 saturated carbocycles. The van der Waals surface area contributed by atoms with E-state index < -0.39 is 0 Å². The van der Waals surface area contributed by atoms with Crippen molar-refractivity contribution in [2.45, 2.75) is 51.6 Å². The van der Waals surface area contributed by atoms with Gasteiger partial charge in [-0.2, -0.15) is 0 Å².